The Balaban J connectivity index is 2.17. The number of hydrogen-bond acceptors (Lipinski definition) is 2. The molecule has 0 aromatic heterocycles. The van der Waals surface area contributed by atoms with Crippen LogP contribution in [-0.2, 0) is 4.79 Å². The van der Waals surface area contributed by atoms with Gasteiger partial charge in [-0.3, -0.25) is 4.79 Å². The maximum atomic E-state index is 11.4. The summed E-state index contributed by atoms with van der Waals surface area (Å²) >= 11 is 17.9. The molecule has 96 valence electrons. The number of carbonyl (C=O) groups excluding carboxylic acids is 1. The minimum absolute atomic E-state index is 0.0504. The van der Waals surface area contributed by atoms with E-state index in [1.807, 2.05) is 0 Å². The third-order valence-electron chi connectivity index (χ3n) is 2.71. The molecule has 0 saturated heterocycles. The van der Waals surface area contributed by atoms with Gasteiger partial charge >= 0.3 is 0 Å². The van der Waals surface area contributed by atoms with Crippen molar-refractivity contribution >= 4 is 46.4 Å². The van der Waals surface area contributed by atoms with Crippen LogP contribution in [0.15, 0.2) is 17.2 Å². The van der Waals surface area contributed by atoms with Crippen LogP contribution in [0.4, 0.5) is 0 Å². The monoisotopic (exact) mass is 304 g/mol. The normalized spacial score (nSPS) is 15.7. The lowest BCUT2D eigenvalue weighted by atomic mass is 10.1. The SMILES string of the molecule is CC(=NNC(=O)C1CC1)c1ccc(Cl)c(Cl)c1Cl. The molecule has 1 amide bonds. The molecule has 0 bridgehead atoms. The highest BCUT2D eigenvalue weighted by Gasteiger charge is 2.29. The summed E-state index contributed by atoms with van der Waals surface area (Å²) in [6, 6.07) is 3.37. The van der Waals surface area contributed by atoms with Crippen molar-refractivity contribution < 1.29 is 4.79 Å². The minimum atomic E-state index is -0.0504. The number of hydrazone groups is 1. The molecule has 1 fully saturated rings. The van der Waals surface area contributed by atoms with Crippen LogP contribution in [0, 0.1) is 5.92 Å². The van der Waals surface area contributed by atoms with Gasteiger partial charge in [0.05, 0.1) is 20.8 Å². The Hall–Kier alpha value is -0.770. The predicted octanol–water partition coefficient (Wildman–Crippen LogP) is 3.90. The highest BCUT2D eigenvalue weighted by atomic mass is 35.5. The van der Waals surface area contributed by atoms with Gasteiger partial charge in [0.25, 0.3) is 0 Å². The summed E-state index contributed by atoms with van der Waals surface area (Å²) in [5.74, 6) is 0.0661. The third-order valence-corrected chi connectivity index (χ3v) is 4.00. The van der Waals surface area contributed by atoms with Gasteiger partial charge in [0.1, 0.15) is 0 Å². The molecule has 6 heteroatoms. The van der Waals surface area contributed by atoms with Gasteiger partial charge in [-0.15, -0.1) is 0 Å². The number of rotatable bonds is 3. The van der Waals surface area contributed by atoms with Crippen molar-refractivity contribution in [3.05, 3.63) is 32.8 Å². The van der Waals surface area contributed by atoms with Crippen LogP contribution in [-0.4, -0.2) is 11.6 Å². The topological polar surface area (TPSA) is 41.5 Å². The lowest BCUT2D eigenvalue weighted by molar-refractivity contribution is -0.122. The summed E-state index contributed by atoms with van der Waals surface area (Å²) in [5.41, 5.74) is 3.76. The van der Waals surface area contributed by atoms with Crippen molar-refractivity contribution in [1.29, 1.82) is 0 Å². The molecule has 0 radical (unpaired) electrons. The molecule has 0 heterocycles. The first-order valence-corrected chi connectivity index (χ1v) is 6.62. The Kier molecular flexibility index (Phi) is 4.15. The van der Waals surface area contributed by atoms with E-state index in [9.17, 15) is 4.79 Å². The largest absolute Gasteiger partial charge is 0.273 e. The maximum absolute atomic E-state index is 11.4. The van der Waals surface area contributed by atoms with Crippen LogP contribution in [0.2, 0.25) is 15.1 Å². The van der Waals surface area contributed by atoms with E-state index in [1.54, 1.807) is 19.1 Å². The second-order valence-electron chi connectivity index (χ2n) is 4.17. The molecule has 1 aromatic carbocycles. The van der Waals surface area contributed by atoms with Crippen molar-refractivity contribution in [2.24, 2.45) is 11.0 Å². The van der Waals surface area contributed by atoms with E-state index < -0.39 is 0 Å². The zero-order valence-electron chi connectivity index (χ0n) is 9.64. The molecule has 3 nitrogen and oxygen atoms in total. The van der Waals surface area contributed by atoms with Crippen LogP contribution in [0.1, 0.15) is 25.3 Å². The molecule has 0 atom stereocenters. The second kappa shape index (κ2) is 5.47. The van der Waals surface area contributed by atoms with Crippen LogP contribution in [0.3, 0.4) is 0 Å². The van der Waals surface area contributed by atoms with Crippen LogP contribution < -0.4 is 5.43 Å². The zero-order valence-corrected chi connectivity index (χ0v) is 11.9. The second-order valence-corrected chi connectivity index (χ2v) is 5.33. The number of halogens is 3. The number of nitrogens with zero attached hydrogens (tertiary/aromatic N) is 1. The van der Waals surface area contributed by atoms with Crippen LogP contribution in [0.25, 0.3) is 0 Å². The molecule has 0 spiro atoms. The van der Waals surface area contributed by atoms with Crippen molar-refractivity contribution in [1.82, 2.24) is 5.43 Å². The van der Waals surface area contributed by atoms with Gasteiger partial charge in [-0.05, 0) is 25.8 Å². The predicted molar refractivity (Wildman–Crippen MR) is 74.5 cm³/mol. The standard InChI is InChI=1S/C12H11Cl3N2O/c1-6(16-17-12(18)7-2-3-7)8-4-5-9(13)11(15)10(8)14/h4-5,7H,2-3H2,1H3,(H,17,18). The van der Waals surface area contributed by atoms with E-state index in [2.05, 4.69) is 10.5 Å². The summed E-state index contributed by atoms with van der Waals surface area (Å²) in [7, 11) is 0. The first kappa shape index (κ1) is 13.7. The Morgan fingerprint density at radius 2 is 1.94 bits per heavy atom. The molecule has 2 rings (SSSR count). The van der Waals surface area contributed by atoms with Gasteiger partial charge < -0.3 is 0 Å². The molecule has 1 N–H and O–H groups in total. The average Bonchev–Trinajstić information content (AvgIpc) is 3.17. The van der Waals surface area contributed by atoms with Gasteiger partial charge in [0, 0.05) is 11.5 Å². The van der Waals surface area contributed by atoms with Crippen LogP contribution >= 0.6 is 34.8 Å². The highest BCUT2D eigenvalue weighted by Crippen LogP contribution is 2.33. The third kappa shape index (κ3) is 2.97. The Morgan fingerprint density at radius 1 is 1.28 bits per heavy atom. The quantitative estimate of drug-likeness (QED) is 0.513. The molecular formula is C12H11Cl3N2O. The van der Waals surface area contributed by atoms with E-state index >= 15 is 0 Å². The van der Waals surface area contributed by atoms with E-state index in [-0.39, 0.29) is 11.8 Å². The first-order chi connectivity index (χ1) is 8.50. The van der Waals surface area contributed by atoms with Crippen molar-refractivity contribution in [2.75, 3.05) is 0 Å². The molecule has 1 aromatic rings. The zero-order chi connectivity index (χ0) is 13.3. The van der Waals surface area contributed by atoms with E-state index in [1.165, 1.54) is 0 Å². The highest BCUT2D eigenvalue weighted by molar-refractivity contribution is 6.49. The number of carbonyl (C=O) groups is 1. The van der Waals surface area contributed by atoms with Crippen molar-refractivity contribution in [3.8, 4) is 0 Å². The molecule has 0 aliphatic heterocycles. The number of nitrogens with one attached hydrogen (secondary N) is 1. The molecule has 18 heavy (non-hydrogen) atoms. The van der Waals surface area contributed by atoms with Crippen molar-refractivity contribution in [2.45, 2.75) is 19.8 Å². The Labute approximate surface area is 120 Å². The van der Waals surface area contributed by atoms with E-state index in [4.69, 9.17) is 34.8 Å². The smallest absolute Gasteiger partial charge is 0.243 e. The van der Waals surface area contributed by atoms with Crippen LogP contribution in [0.5, 0.6) is 0 Å². The lowest BCUT2D eigenvalue weighted by Gasteiger charge is -2.07. The summed E-state index contributed by atoms with van der Waals surface area (Å²) in [6.45, 7) is 1.75. The first-order valence-electron chi connectivity index (χ1n) is 5.48. The number of amides is 1. The fourth-order valence-electron chi connectivity index (χ4n) is 1.44. The maximum Gasteiger partial charge on any atom is 0.243 e. The summed E-state index contributed by atoms with van der Waals surface area (Å²) in [4.78, 5) is 11.4. The number of benzene rings is 1. The van der Waals surface area contributed by atoms with E-state index in [0.29, 0.717) is 26.3 Å². The van der Waals surface area contributed by atoms with Gasteiger partial charge in [-0.25, -0.2) is 5.43 Å². The molecule has 1 aliphatic rings. The van der Waals surface area contributed by atoms with E-state index in [0.717, 1.165) is 12.8 Å². The summed E-state index contributed by atoms with van der Waals surface area (Å²) < 4.78 is 0. The van der Waals surface area contributed by atoms with Gasteiger partial charge in [-0.1, -0.05) is 40.9 Å². The molecule has 1 saturated carbocycles. The van der Waals surface area contributed by atoms with Gasteiger partial charge in [0.15, 0.2) is 0 Å². The number of hydrogen-bond donors (Lipinski definition) is 1. The Bertz CT molecular complexity index is 524. The summed E-state index contributed by atoms with van der Waals surface area (Å²) in [6.07, 6.45) is 1.88. The van der Waals surface area contributed by atoms with Gasteiger partial charge in [-0.2, -0.15) is 5.10 Å². The average molecular weight is 306 g/mol. The minimum Gasteiger partial charge on any atom is -0.273 e. The fraction of sp³-hybridized carbons (Fsp3) is 0.333. The fourth-order valence-corrected chi connectivity index (χ4v) is 2.11. The molecule has 0 unspecified atom stereocenters. The van der Waals surface area contributed by atoms with Crippen molar-refractivity contribution in [3.63, 3.8) is 0 Å². The molecule has 1 aliphatic carbocycles. The van der Waals surface area contributed by atoms with Gasteiger partial charge in [0.2, 0.25) is 5.91 Å². The lowest BCUT2D eigenvalue weighted by Crippen LogP contribution is -2.20. The molecular weight excluding hydrogens is 295 g/mol. The summed E-state index contributed by atoms with van der Waals surface area (Å²) in [5, 5.41) is 5.04. The Morgan fingerprint density at radius 3 is 2.56 bits per heavy atom.